The van der Waals surface area contributed by atoms with Gasteiger partial charge in [0.2, 0.25) is 0 Å². The van der Waals surface area contributed by atoms with Crippen LogP contribution in [0.1, 0.15) is 32.1 Å². The van der Waals surface area contributed by atoms with Crippen LogP contribution in [0.3, 0.4) is 0 Å². The van der Waals surface area contributed by atoms with E-state index in [1.165, 1.54) is 11.8 Å². The van der Waals surface area contributed by atoms with Gasteiger partial charge in [-0.25, -0.2) is 0 Å². The van der Waals surface area contributed by atoms with Crippen LogP contribution in [-0.2, 0) is 14.8 Å². The number of fused-ring (bicyclic) bond motifs is 1. The van der Waals surface area contributed by atoms with E-state index in [2.05, 4.69) is 4.40 Å². The highest BCUT2D eigenvalue weighted by atomic mass is 32.2. The Balaban J connectivity index is 1.57. The van der Waals surface area contributed by atoms with Crippen molar-refractivity contribution >= 4 is 61.6 Å². The molecule has 1 saturated carbocycles. The Morgan fingerprint density at radius 3 is 2.52 bits per heavy atom. The third-order valence-electron chi connectivity index (χ3n) is 5.63. The molecule has 0 N–H and O–H groups in total. The Bertz CT molecular complexity index is 1180. The number of thiophene rings is 1. The number of benzene rings is 1. The highest BCUT2D eigenvalue weighted by Gasteiger charge is 2.43. The van der Waals surface area contributed by atoms with Crippen LogP contribution in [0.15, 0.2) is 65.2 Å². The van der Waals surface area contributed by atoms with Gasteiger partial charge in [-0.2, -0.15) is 8.42 Å². The molecule has 1 amide bonds. The molecule has 1 saturated heterocycles. The number of sulfonamides is 1. The van der Waals surface area contributed by atoms with E-state index in [4.69, 9.17) is 0 Å². The van der Waals surface area contributed by atoms with Crippen LogP contribution in [0.4, 0.5) is 5.69 Å². The minimum Gasteiger partial charge on any atom is -0.337 e. The van der Waals surface area contributed by atoms with E-state index in [1.807, 2.05) is 36.2 Å². The normalized spacial score (nSPS) is 23.8. The lowest BCUT2D eigenvalue weighted by Crippen LogP contribution is -2.41. The van der Waals surface area contributed by atoms with Gasteiger partial charge in [0.1, 0.15) is 9.11 Å². The second kappa shape index (κ2) is 8.31. The molecule has 0 bridgehead atoms. The number of thioether (sulfide) groups is 2. The largest absolute Gasteiger partial charge is 0.337 e. The van der Waals surface area contributed by atoms with Crippen LogP contribution in [0.25, 0.3) is 0 Å². The molecule has 31 heavy (non-hydrogen) atoms. The molecular formula is C21H21N3O3S4. The van der Waals surface area contributed by atoms with Crippen LogP contribution >= 0.6 is 34.9 Å². The monoisotopic (exact) mass is 491 g/mol. The molecule has 3 aliphatic rings. The molecular weight excluding hydrogens is 471 g/mol. The minimum absolute atomic E-state index is 0.0109. The summed E-state index contributed by atoms with van der Waals surface area (Å²) in [5.41, 5.74) is 1.05. The number of hydrogen-bond donors (Lipinski definition) is 0. The van der Waals surface area contributed by atoms with E-state index in [9.17, 15) is 13.2 Å². The maximum absolute atomic E-state index is 13.6. The fourth-order valence-electron chi connectivity index (χ4n) is 4.10. The van der Waals surface area contributed by atoms with E-state index in [0.717, 1.165) is 59.1 Å². The summed E-state index contributed by atoms with van der Waals surface area (Å²) in [5.74, 6) is -0.140. The van der Waals surface area contributed by atoms with Gasteiger partial charge in [-0.1, -0.05) is 49.2 Å². The molecule has 5 rings (SSSR count). The summed E-state index contributed by atoms with van der Waals surface area (Å²) in [6.07, 6.45) is 4.96. The van der Waals surface area contributed by atoms with Crippen LogP contribution in [0.5, 0.6) is 0 Å². The van der Waals surface area contributed by atoms with Crippen LogP contribution in [-0.4, -0.2) is 37.5 Å². The number of amides is 1. The number of anilines is 1. The molecule has 3 heterocycles. The van der Waals surface area contributed by atoms with Crippen LogP contribution in [0.2, 0.25) is 0 Å². The Labute approximate surface area is 194 Å². The number of rotatable bonds is 3. The Hall–Kier alpha value is -1.75. The molecule has 0 unspecified atom stereocenters. The third kappa shape index (κ3) is 3.83. The maximum atomic E-state index is 13.6. The van der Waals surface area contributed by atoms with Gasteiger partial charge in [0.05, 0.1) is 10.7 Å². The molecule has 0 atom stereocenters. The molecule has 6 nitrogen and oxygen atoms in total. The molecule has 1 aromatic heterocycles. The van der Waals surface area contributed by atoms with Crippen molar-refractivity contribution in [2.45, 2.75) is 47.3 Å². The van der Waals surface area contributed by atoms with Gasteiger partial charge in [0.15, 0.2) is 5.17 Å². The molecule has 1 aliphatic carbocycles. The predicted octanol–water partition coefficient (Wildman–Crippen LogP) is 5.11. The molecule has 10 heteroatoms. The first kappa shape index (κ1) is 21.1. The van der Waals surface area contributed by atoms with E-state index in [0.29, 0.717) is 4.91 Å². The number of hydrogen-bond acceptors (Lipinski definition) is 7. The number of amidine groups is 1. The summed E-state index contributed by atoms with van der Waals surface area (Å²) in [7, 11) is -1.92. The van der Waals surface area contributed by atoms with Crippen molar-refractivity contribution in [2.75, 3.05) is 11.9 Å². The van der Waals surface area contributed by atoms with Crippen molar-refractivity contribution in [1.82, 2.24) is 4.90 Å². The van der Waals surface area contributed by atoms with E-state index in [1.54, 1.807) is 34.2 Å². The van der Waals surface area contributed by atoms with Gasteiger partial charge >= 0.3 is 0 Å². The van der Waals surface area contributed by atoms with Crippen LogP contribution < -0.4 is 4.90 Å². The van der Waals surface area contributed by atoms with E-state index < -0.39 is 10.0 Å². The fraction of sp³-hybridized carbons (Fsp3) is 0.333. The molecule has 1 aromatic carbocycles. The molecule has 0 spiro atoms. The summed E-state index contributed by atoms with van der Waals surface area (Å²) in [6.45, 7) is 0. The van der Waals surface area contributed by atoms with Gasteiger partial charge in [-0.15, -0.1) is 15.7 Å². The first-order valence-electron chi connectivity index (χ1n) is 10.1. The molecule has 162 valence electrons. The average molecular weight is 492 g/mol. The predicted molar refractivity (Wildman–Crippen MR) is 128 cm³/mol. The van der Waals surface area contributed by atoms with Gasteiger partial charge in [0.25, 0.3) is 15.9 Å². The minimum atomic E-state index is -3.86. The summed E-state index contributed by atoms with van der Waals surface area (Å²) >= 11 is 3.87. The summed E-state index contributed by atoms with van der Waals surface area (Å²) < 4.78 is 30.1. The maximum Gasteiger partial charge on any atom is 0.294 e. The van der Waals surface area contributed by atoms with Gasteiger partial charge in [0, 0.05) is 18.0 Å². The van der Waals surface area contributed by atoms with Crippen molar-refractivity contribution in [3.63, 3.8) is 0 Å². The number of carbonyl (C=O) groups excluding carboxylic acids is 1. The first-order valence-corrected chi connectivity index (χ1v) is 14.1. The van der Waals surface area contributed by atoms with E-state index >= 15 is 0 Å². The zero-order valence-electron chi connectivity index (χ0n) is 16.9. The van der Waals surface area contributed by atoms with Crippen LogP contribution in [0, 0.1) is 0 Å². The zero-order chi connectivity index (χ0) is 21.6. The average Bonchev–Trinajstić information content (AvgIpc) is 3.48. The topological polar surface area (TPSA) is 70.1 Å². The first-order chi connectivity index (χ1) is 15.0. The Morgan fingerprint density at radius 1 is 1.03 bits per heavy atom. The van der Waals surface area contributed by atoms with Crippen molar-refractivity contribution in [3.8, 4) is 0 Å². The summed E-state index contributed by atoms with van der Waals surface area (Å²) in [4.78, 5) is 18.9. The van der Waals surface area contributed by atoms with Crippen molar-refractivity contribution in [2.24, 2.45) is 4.40 Å². The number of para-hydroxylation sites is 1. The summed E-state index contributed by atoms with van der Waals surface area (Å²) in [6, 6.07) is 11.2. The Kier molecular flexibility index (Phi) is 5.66. The second-order valence-electron chi connectivity index (χ2n) is 7.61. The SMILES string of the molecule is CN1/C(=C2\S/C(=N/S(=O)(=O)c3cccs3)N(C3CCCCC3)C2=O)Sc2ccccc21. The van der Waals surface area contributed by atoms with Crippen molar-refractivity contribution in [1.29, 1.82) is 0 Å². The van der Waals surface area contributed by atoms with Gasteiger partial charge in [-0.05, 0) is 48.2 Å². The molecule has 0 radical (unpaired) electrons. The highest BCUT2D eigenvalue weighted by molar-refractivity contribution is 8.19. The third-order valence-corrected chi connectivity index (χ3v) is 10.8. The molecule has 2 aliphatic heterocycles. The lowest BCUT2D eigenvalue weighted by Gasteiger charge is -2.30. The summed E-state index contributed by atoms with van der Waals surface area (Å²) in [5, 5.41) is 2.82. The van der Waals surface area contributed by atoms with Gasteiger partial charge in [-0.3, -0.25) is 9.69 Å². The smallest absolute Gasteiger partial charge is 0.294 e. The quantitative estimate of drug-likeness (QED) is 0.556. The van der Waals surface area contributed by atoms with Gasteiger partial charge < -0.3 is 4.90 Å². The lowest BCUT2D eigenvalue weighted by molar-refractivity contribution is -0.124. The van der Waals surface area contributed by atoms with Crippen molar-refractivity contribution < 1.29 is 13.2 Å². The standard InChI is InChI=1S/C21H21N3O3S4/c1-23-15-10-5-6-11-16(15)29-20(23)18-19(25)24(14-8-3-2-4-9-14)21(30-18)22-31(26,27)17-12-7-13-28-17/h5-7,10-14H,2-4,8-9H2,1H3/b20-18+,22-21+. The molecule has 2 fully saturated rings. The Morgan fingerprint density at radius 2 is 1.81 bits per heavy atom. The lowest BCUT2D eigenvalue weighted by atomic mass is 9.94. The second-order valence-corrected chi connectivity index (χ2v) is 12.4. The zero-order valence-corrected chi connectivity index (χ0v) is 20.1. The highest BCUT2D eigenvalue weighted by Crippen LogP contribution is 2.50. The molecule has 2 aromatic rings. The number of nitrogens with zero attached hydrogens (tertiary/aromatic N) is 3. The number of carbonyl (C=O) groups is 1. The van der Waals surface area contributed by atoms with Crippen molar-refractivity contribution in [3.05, 3.63) is 51.7 Å². The van der Waals surface area contributed by atoms with E-state index in [-0.39, 0.29) is 21.3 Å². The fourth-order valence-corrected chi connectivity index (χ4v) is 8.64.